The average Bonchev–Trinajstić information content (AvgIpc) is 3.05. The lowest BCUT2D eigenvalue weighted by Crippen LogP contribution is -2.57. The van der Waals surface area contributed by atoms with Crippen molar-refractivity contribution in [2.75, 3.05) is 19.6 Å². The summed E-state index contributed by atoms with van der Waals surface area (Å²) in [7, 11) is 0. The predicted octanol–water partition coefficient (Wildman–Crippen LogP) is 3.13. The normalized spacial score (nSPS) is 26.0. The number of ether oxygens (including phenoxy) is 1. The van der Waals surface area contributed by atoms with Crippen LogP contribution in [0.2, 0.25) is 0 Å². The van der Waals surface area contributed by atoms with E-state index in [4.69, 9.17) is 9.15 Å². The molecule has 0 aliphatic carbocycles. The quantitative estimate of drug-likeness (QED) is 0.946. The summed E-state index contributed by atoms with van der Waals surface area (Å²) in [5.41, 5.74) is 0.958. The third-order valence-electron chi connectivity index (χ3n) is 4.79. The molecule has 0 saturated carbocycles. The number of benzene rings is 1. The monoisotopic (exact) mass is 312 g/mol. The van der Waals surface area contributed by atoms with E-state index < -0.39 is 6.09 Å². The molecule has 3 saturated heterocycles. The average molecular weight is 312 g/mol. The van der Waals surface area contributed by atoms with E-state index in [1.54, 1.807) is 6.07 Å². The van der Waals surface area contributed by atoms with E-state index in [0.29, 0.717) is 11.7 Å². The maximum absolute atomic E-state index is 12.1. The Morgan fingerprint density at radius 1 is 1.13 bits per heavy atom. The molecule has 3 aliphatic rings. The Hall–Kier alpha value is -2.27. The lowest BCUT2D eigenvalue weighted by molar-refractivity contribution is 0.0715. The molecule has 0 spiro atoms. The molecule has 1 atom stereocenters. The van der Waals surface area contributed by atoms with Crippen LogP contribution in [0.1, 0.15) is 12.8 Å². The molecule has 3 fully saturated rings. The zero-order valence-electron chi connectivity index (χ0n) is 12.9. The van der Waals surface area contributed by atoms with Gasteiger partial charge in [0.15, 0.2) is 0 Å². The van der Waals surface area contributed by atoms with Crippen LogP contribution in [0, 0.1) is 5.92 Å². The van der Waals surface area contributed by atoms with Gasteiger partial charge in [-0.25, -0.2) is 4.79 Å². The van der Waals surface area contributed by atoms with Crippen molar-refractivity contribution >= 4 is 6.09 Å². The summed E-state index contributed by atoms with van der Waals surface area (Å²) < 4.78 is 10.9. The van der Waals surface area contributed by atoms with Crippen molar-refractivity contribution in [3.8, 4) is 17.3 Å². The summed E-state index contributed by atoms with van der Waals surface area (Å²) in [5.74, 6) is 1.49. The van der Waals surface area contributed by atoms with Crippen LogP contribution in [-0.4, -0.2) is 36.7 Å². The maximum atomic E-state index is 12.1. The zero-order chi connectivity index (χ0) is 15.6. The minimum absolute atomic E-state index is 0.188. The van der Waals surface area contributed by atoms with E-state index in [1.165, 1.54) is 0 Å². The lowest BCUT2D eigenvalue weighted by atomic mass is 9.84. The molecule has 5 heteroatoms. The molecule has 1 aromatic carbocycles. The number of rotatable bonds is 3. The van der Waals surface area contributed by atoms with Gasteiger partial charge in [0.25, 0.3) is 5.95 Å². The van der Waals surface area contributed by atoms with Crippen molar-refractivity contribution < 1.29 is 13.9 Å². The first-order valence-electron chi connectivity index (χ1n) is 8.14. The maximum Gasteiger partial charge on any atom is 0.415 e. The number of nitrogens with zero attached hydrogens (tertiary/aromatic N) is 1. The van der Waals surface area contributed by atoms with Gasteiger partial charge in [-0.05, 0) is 37.9 Å². The number of piperidine rings is 3. The molecule has 120 valence electrons. The Morgan fingerprint density at radius 3 is 2.61 bits per heavy atom. The van der Waals surface area contributed by atoms with Crippen molar-refractivity contribution in [1.82, 2.24) is 10.2 Å². The molecular weight excluding hydrogens is 292 g/mol. The number of hydrogen-bond acceptors (Lipinski definition) is 4. The molecule has 5 nitrogen and oxygen atoms in total. The topological polar surface area (TPSA) is 54.7 Å². The van der Waals surface area contributed by atoms with Crippen LogP contribution in [0.5, 0.6) is 5.95 Å². The van der Waals surface area contributed by atoms with Crippen molar-refractivity contribution in [3.05, 3.63) is 42.5 Å². The summed E-state index contributed by atoms with van der Waals surface area (Å²) >= 11 is 0. The molecule has 1 aromatic heterocycles. The second kappa shape index (κ2) is 6.08. The zero-order valence-corrected chi connectivity index (χ0v) is 12.9. The minimum atomic E-state index is -0.433. The van der Waals surface area contributed by atoms with Crippen LogP contribution in [0.15, 0.2) is 46.9 Å². The van der Waals surface area contributed by atoms with Gasteiger partial charge >= 0.3 is 6.09 Å². The molecule has 1 amide bonds. The van der Waals surface area contributed by atoms with E-state index in [2.05, 4.69) is 10.2 Å². The van der Waals surface area contributed by atoms with Crippen molar-refractivity contribution in [3.63, 3.8) is 0 Å². The number of fused-ring (bicyclic) bond motifs is 3. The summed E-state index contributed by atoms with van der Waals surface area (Å²) in [6.45, 7) is 3.22. The van der Waals surface area contributed by atoms with Crippen molar-refractivity contribution in [2.45, 2.75) is 18.9 Å². The molecule has 2 bridgehead atoms. The van der Waals surface area contributed by atoms with Crippen LogP contribution >= 0.6 is 0 Å². The van der Waals surface area contributed by atoms with E-state index in [1.807, 2.05) is 36.4 Å². The van der Waals surface area contributed by atoms with E-state index in [9.17, 15) is 4.79 Å². The highest BCUT2D eigenvalue weighted by Crippen LogP contribution is 2.28. The van der Waals surface area contributed by atoms with E-state index in [-0.39, 0.29) is 12.0 Å². The van der Waals surface area contributed by atoms with Crippen molar-refractivity contribution in [2.24, 2.45) is 5.92 Å². The number of amides is 1. The van der Waals surface area contributed by atoms with Crippen LogP contribution in [-0.2, 0) is 0 Å². The highest BCUT2D eigenvalue weighted by Gasteiger charge is 2.35. The SMILES string of the molecule is O=C(NC1CN2CCC1CC2)Oc1ccc(-c2ccccc2)o1. The van der Waals surface area contributed by atoms with Gasteiger partial charge in [0, 0.05) is 24.2 Å². The Balaban J connectivity index is 1.37. The molecule has 4 heterocycles. The molecule has 23 heavy (non-hydrogen) atoms. The van der Waals surface area contributed by atoms with Crippen LogP contribution in [0.4, 0.5) is 4.79 Å². The molecular formula is C18H20N2O3. The Morgan fingerprint density at radius 2 is 1.91 bits per heavy atom. The standard InChI is InChI=1S/C18H20N2O3/c21-18(19-15-12-20-10-8-13(15)9-11-20)23-17-7-6-16(22-17)14-4-2-1-3-5-14/h1-7,13,15H,8-12H2,(H,19,21). The van der Waals surface area contributed by atoms with Gasteiger partial charge in [-0.15, -0.1) is 0 Å². The van der Waals surface area contributed by atoms with E-state index >= 15 is 0 Å². The number of carbonyl (C=O) groups is 1. The fourth-order valence-corrected chi connectivity index (χ4v) is 3.53. The van der Waals surface area contributed by atoms with Gasteiger partial charge < -0.3 is 19.4 Å². The summed E-state index contributed by atoms with van der Waals surface area (Å²) in [5, 5.41) is 2.98. The van der Waals surface area contributed by atoms with E-state index in [0.717, 1.165) is 38.0 Å². The Bertz CT molecular complexity index is 675. The fraction of sp³-hybridized carbons (Fsp3) is 0.389. The third kappa shape index (κ3) is 3.10. The second-order valence-electron chi connectivity index (χ2n) is 6.26. The van der Waals surface area contributed by atoms with Crippen LogP contribution in [0.3, 0.4) is 0 Å². The summed E-state index contributed by atoms with van der Waals surface area (Å²) in [4.78, 5) is 14.5. The third-order valence-corrected chi connectivity index (χ3v) is 4.79. The molecule has 1 unspecified atom stereocenters. The number of carbonyl (C=O) groups excluding carboxylic acids is 1. The first-order chi connectivity index (χ1) is 11.3. The molecule has 5 rings (SSSR count). The van der Waals surface area contributed by atoms with Crippen molar-refractivity contribution in [1.29, 1.82) is 0 Å². The van der Waals surface area contributed by atoms with Gasteiger partial charge in [-0.3, -0.25) is 0 Å². The largest absolute Gasteiger partial charge is 0.425 e. The summed E-state index contributed by atoms with van der Waals surface area (Å²) in [6, 6.07) is 13.4. The van der Waals surface area contributed by atoms with Crippen LogP contribution in [0.25, 0.3) is 11.3 Å². The highest BCUT2D eigenvalue weighted by molar-refractivity contribution is 5.70. The van der Waals surface area contributed by atoms with Gasteiger partial charge in [0.1, 0.15) is 5.76 Å². The van der Waals surface area contributed by atoms with Gasteiger partial charge in [-0.2, -0.15) is 0 Å². The number of nitrogens with one attached hydrogen (secondary N) is 1. The number of hydrogen-bond donors (Lipinski definition) is 1. The smallest absolute Gasteiger partial charge is 0.415 e. The Labute approximate surface area is 135 Å². The second-order valence-corrected chi connectivity index (χ2v) is 6.26. The Kier molecular flexibility index (Phi) is 3.79. The predicted molar refractivity (Wildman–Crippen MR) is 86.3 cm³/mol. The number of furan rings is 1. The van der Waals surface area contributed by atoms with Crippen LogP contribution < -0.4 is 10.1 Å². The molecule has 0 radical (unpaired) electrons. The molecule has 1 N–H and O–H groups in total. The molecule has 3 aliphatic heterocycles. The van der Waals surface area contributed by atoms with Gasteiger partial charge in [0.05, 0.1) is 0 Å². The first-order valence-corrected chi connectivity index (χ1v) is 8.14. The highest BCUT2D eigenvalue weighted by atomic mass is 16.6. The minimum Gasteiger partial charge on any atom is -0.425 e. The summed E-state index contributed by atoms with van der Waals surface area (Å²) in [6.07, 6.45) is 1.88. The van der Waals surface area contributed by atoms with Gasteiger partial charge in [-0.1, -0.05) is 30.3 Å². The lowest BCUT2D eigenvalue weighted by Gasteiger charge is -2.44. The first kappa shape index (κ1) is 14.3. The molecule has 2 aromatic rings. The fourth-order valence-electron chi connectivity index (χ4n) is 3.53. The van der Waals surface area contributed by atoms with Gasteiger partial charge in [0.2, 0.25) is 0 Å².